The summed E-state index contributed by atoms with van der Waals surface area (Å²) in [7, 11) is -4.30. The lowest BCUT2D eigenvalue weighted by Crippen LogP contribution is -3.00. The molecule has 150 valence electrons. The Hall–Kier alpha value is -1.75. The minimum atomic E-state index is -4.30. The van der Waals surface area contributed by atoms with Crippen molar-refractivity contribution in [3.63, 3.8) is 0 Å². The molecule has 0 aliphatic heterocycles. The molecule has 0 saturated heterocycles. The fourth-order valence-corrected chi connectivity index (χ4v) is 3.67. The highest BCUT2D eigenvalue weighted by Crippen LogP contribution is 2.51. The van der Waals surface area contributed by atoms with Crippen molar-refractivity contribution in [2.24, 2.45) is 0 Å². The number of para-hydroxylation sites is 1. The summed E-state index contributed by atoms with van der Waals surface area (Å²) >= 11 is 0. The van der Waals surface area contributed by atoms with Crippen molar-refractivity contribution in [3.8, 4) is 16.8 Å². The van der Waals surface area contributed by atoms with E-state index in [4.69, 9.17) is 0 Å². The smallest absolute Gasteiger partial charge is 0.338 e. The molecule has 3 rings (SSSR count). The van der Waals surface area contributed by atoms with Crippen molar-refractivity contribution in [2.75, 3.05) is 0 Å². The molecule has 1 aromatic carbocycles. The molecule has 0 fully saturated rings. The first kappa shape index (κ1) is 24.3. The van der Waals surface area contributed by atoms with Gasteiger partial charge in [-0.15, -0.1) is 12.4 Å². The predicted molar refractivity (Wildman–Crippen MR) is 108 cm³/mol. The summed E-state index contributed by atoms with van der Waals surface area (Å²) in [4.78, 5) is 23.6. The Morgan fingerprint density at radius 2 is 1.57 bits per heavy atom. The van der Waals surface area contributed by atoms with Gasteiger partial charge in [0.2, 0.25) is 11.4 Å². The first-order valence-electron chi connectivity index (χ1n) is 8.37. The van der Waals surface area contributed by atoms with Crippen LogP contribution in [0.1, 0.15) is 29.4 Å². The zero-order valence-electron chi connectivity index (χ0n) is 15.8. The fraction of sp³-hybridized carbons (Fsp3) is 0.200. The number of hydrogen-bond donors (Lipinski definition) is 2. The van der Waals surface area contributed by atoms with E-state index in [-0.39, 0.29) is 24.8 Å². The van der Waals surface area contributed by atoms with Crippen LogP contribution < -0.4 is 17.0 Å². The molecule has 0 bridgehead atoms. The molecule has 0 aliphatic carbocycles. The summed E-state index contributed by atoms with van der Waals surface area (Å²) < 4.78 is 13.9. The maximum Gasteiger partial charge on any atom is 0.338 e. The quantitative estimate of drug-likeness (QED) is 0.473. The van der Waals surface area contributed by atoms with E-state index in [1.807, 2.05) is 67.1 Å². The molecule has 0 radical (unpaired) electrons. The zero-order valence-corrected chi connectivity index (χ0v) is 18.2. The summed E-state index contributed by atoms with van der Waals surface area (Å²) in [6.07, 6.45) is 5.29. The van der Waals surface area contributed by atoms with Gasteiger partial charge in [0.05, 0.1) is 0 Å². The van der Waals surface area contributed by atoms with Crippen molar-refractivity contribution in [1.82, 2.24) is 4.98 Å². The summed E-state index contributed by atoms with van der Waals surface area (Å²) in [5, 5.41) is 0. The lowest BCUT2D eigenvalue weighted by molar-refractivity contribution is -0.605. The molecule has 0 spiro atoms. The van der Waals surface area contributed by atoms with Gasteiger partial charge in [0.15, 0.2) is 6.20 Å². The van der Waals surface area contributed by atoms with E-state index in [1.165, 1.54) is 0 Å². The minimum absolute atomic E-state index is 0. The molecule has 2 aromatic heterocycles. The Kier molecular flexibility index (Phi) is 8.36. The number of pyridine rings is 2. The Morgan fingerprint density at radius 1 is 1.00 bits per heavy atom. The average molecular weight is 441 g/mol. The van der Waals surface area contributed by atoms with Crippen LogP contribution in [0.3, 0.4) is 0 Å². The van der Waals surface area contributed by atoms with Gasteiger partial charge in [-0.05, 0) is 44.0 Å². The second-order valence-electron chi connectivity index (χ2n) is 6.45. The monoisotopic (exact) mass is 440 g/mol. The number of aromatic nitrogens is 2. The van der Waals surface area contributed by atoms with Crippen LogP contribution in [0.2, 0.25) is 0 Å². The molecule has 1 atom stereocenters. The highest BCUT2D eigenvalue weighted by atomic mass is 35.5. The van der Waals surface area contributed by atoms with Crippen molar-refractivity contribution in [1.29, 1.82) is 0 Å². The Bertz CT molecular complexity index is 974. The van der Waals surface area contributed by atoms with Crippen molar-refractivity contribution in [2.45, 2.75) is 26.4 Å². The van der Waals surface area contributed by atoms with Gasteiger partial charge in [0, 0.05) is 35.7 Å². The summed E-state index contributed by atoms with van der Waals surface area (Å²) in [6.45, 7) is 5.56. The van der Waals surface area contributed by atoms with Crippen molar-refractivity contribution < 1.29 is 31.3 Å². The minimum Gasteiger partial charge on any atom is -1.00 e. The zero-order chi connectivity index (χ0) is 18.9. The molecule has 28 heavy (non-hydrogen) atoms. The predicted octanol–water partition coefficient (Wildman–Crippen LogP) is 1.31. The first-order chi connectivity index (χ1) is 12.3. The Labute approximate surface area is 177 Å². The molecule has 0 saturated carbocycles. The van der Waals surface area contributed by atoms with E-state index in [1.54, 1.807) is 19.3 Å². The molecule has 8 heteroatoms. The largest absolute Gasteiger partial charge is 1.00 e. The van der Waals surface area contributed by atoms with Crippen LogP contribution in [-0.4, -0.2) is 14.8 Å². The average Bonchev–Trinajstić information content (AvgIpc) is 2.61. The molecular weight excluding hydrogens is 418 g/mol. The lowest BCUT2D eigenvalue weighted by Gasteiger charge is -2.15. The third-order valence-electron chi connectivity index (χ3n) is 4.61. The van der Waals surface area contributed by atoms with Gasteiger partial charge in [-0.25, -0.2) is 0 Å². The number of halogens is 2. The van der Waals surface area contributed by atoms with Crippen LogP contribution >= 0.6 is 20.0 Å². The van der Waals surface area contributed by atoms with Gasteiger partial charge in [-0.2, -0.15) is 4.57 Å². The molecule has 3 aromatic rings. The number of benzene rings is 1. The van der Waals surface area contributed by atoms with E-state index in [9.17, 15) is 14.4 Å². The number of nitrogens with zero attached hydrogens (tertiary/aromatic N) is 2. The Balaban J connectivity index is 0.00000196. The standard InChI is InChI=1S/C20H21N2O3P.2ClH/c1-14-5-4-6-15(2)20(14)22-12-9-18(17-7-10-21-11-8-17)13-19(22)16(3)26(23,24)25;;/h4-13,16H,1-3H3,(H-,23,24,25);2*1H. The Morgan fingerprint density at radius 3 is 2.11 bits per heavy atom. The number of rotatable bonds is 4. The summed E-state index contributed by atoms with van der Waals surface area (Å²) in [5.74, 6) is 0. The van der Waals surface area contributed by atoms with Gasteiger partial charge in [-0.1, -0.05) is 18.2 Å². The molecule has 5 nitrogen and oxygen atoms in total. The number of hydrogen-bond acceptors (Lipinski definition) is 2. The van der Waals surface area contributed by atoms with Crippen LogP contribution in [-0.2, 0) is 4.57 Å². The number of aryl methyl sites for hydroxylation is 2. The van der Waals surface area contributed by atoms with E-state index in [2.05, 4.69) is 4.98 Å². The van der Waals surface area contributed by atoms with Crippen molar-refractivity contribution in [3.05, 3.63) is 77.9 Å². The second-order valence-corrected chi connectivity index (χ2v) is 8.40. The van der Waals surface area contributed by atoms with Gasteiger partial charge in [0.1, 0.15) is 5.66 Å². The van der Waals surface area contributed by atoms with E-state index < -0.39 is 13.3 Å². The molecule has 2 heterocycles. The third kappa shape index (κ3) is 4.99. The first-order valence-corrected chi connectivity index (χ1v) is 10.0. The summed E-state index contributed by atoms with van der Waals surface area (Å²) in [5.41, 5.74) is 4.53. The fourth-order valence-electron chi connectivity index (χ4n) is 3.13. The van der Waals surface area contributed by atoms with Crippen LogP contribution in [0.4, 0.5) is 0 Å². The van der Waals surface area contributed by atoms with Crippen LogP contribution in [0, 0.1) is 13.8 Å². The van der Waals surface area contributed by atoms with E-state index in [0.717, 1.165) is 27.9 Å². The van der Waals surface area contributed by atoms with Gasteiger partial charge >= 0.3 is 7.60 Å². The van der Waals surface area contributed by atoms with E-state index >= 15 is 0 Å². The highest BCUT2D eigenvalue weighted by molar-refractivity contribution is 7.52. The van der Waals surface area contributed by atoms with Crippen LogP contribution in [0.25, 0.3) is 16.8 Å². The normalized spacial score (nSPS) is 11.9. The summed E-state index contributed by atoms with van der Waals surface area (Å²) in [6, 6.07) is 13.5. The van der Waals surface area contributed by atoms with Gasteiger partial charge in [0.25, 0.3) is 0 Å². The maximum absolute atomic E-state index is 12.0. The SMILES string of the molecule is Cc1cccc(C)c1-[n+]1ccc(-c2ccncc2)cc1C(C)P(=O)(O)O.Cl.[Cl-]. The molecular formula is C20H23Cl2N2O3P. The van der Waals surface area contributed by atoms with Gasteiger partial charge < -0.3 is 22.2 Å². The van der Waals surface area contributed by atoms with E-state index in [0.29, 0.717) is 5.69 Å². The molecule has 2 N–H and O–H groups in total. The van der Waals surface area contributed by atoms with Gasteiger partial charge in [-0.3, -0.25) is 9.55 Å². The lowest BCUT2D eigenvalue weighted by atomic mass is 10.0. The van der Waals surface area contributed by atoms with Crippen molar-refractivity contribution >= 4 is 20.0 Å². The van der Waals surface area contributed by atoms with Crippen LogP contribution in [0.15, 0.2) is 61.1 Å². The molecule has 1 unspecified atom stereocenters. The highest BCUT2D eigenvalue weighted by Gasteiger charge is 2.34. The molecule has 0 amide bonds. The van der Waals surface area contributed by atoms with Crippen LogP contribution in [0.5, 0.6) is 0 Å². The second kappa shape index (κ2) is 9.64. The molecule has 0 aliphatic rings. The maximum atomic E-state index is 12.0. The third-order valence-corrected chi connectivity index (χ3v) is 5.88. The topological polar surface area (TPSA) is 74.3 Å².